The number of carbonyl (C=O) groups is 2. The Kier molecular flexibility index (Phi) is 4.20. The molecule has 2 aromatic rings. The van der Waals surface area contributed by atoms with Crippen molar-refractivity contribution in [3.05, 3.63) is 57.5 Å². The highest BCUT2D eigenvalue weighted by molar-refractivity contribution is 6.06. The molecule has 1 aliphatic rings. The molecule has 24 heavy (non-hydrogen) atoms. The number of fused-ring (bicyclic) bond motifs is 1. The van der Waals surface area contributed by atoms with Gasteiger partial charge in [0.2, 0.25) is 0 Å². The molecule has 0 fully saturated rings. The van der Waals surface area contributed by atoms with Gasteiger partial charge in [-0.3, -0.25) is 14.4 Å². The predicted molar refractivity (Wildman–Crippen MR) is 89.8 cm³/mol. The number of Topliss-reactive ketones (excluding diaryl/α,β-unsaturated/α-hetero) is 1. The molecule has 124 valence electrons. The van der Waals surface area contributed by atoms with E-state index in [4.69, 9.17) is 4.74 Å². The van der Waals surface area contributed by atoms with Crippen molar-refractivity contribution in [2.45, 2.75) is 19.8 Å². The predicted octanol–water partition coefficient (Wildman–Crippen LogP) is 2.40. The molecule has 6 heteroatoms. The van der Waals surface area contributed by atoms with Crippen LogP contribution < -0.4 is 15.6 Å². The number of aromatic amines is 1. The molecule has 0 spiro atoms. The van der Waals surface area contributed by atoms with Crippen LogP contribution in [0.3, 0.4) is 0 Å². The summed E-state index contributed by atoms with van der Waals surface area (Å²) in [5, 5.41) is 2.65. The Balaban J connectivity index is 1.88. The summed E-state index contributed by atoms with van der Waals surface area (Å²) in [6.45, 7) is 1.96. The van der Waals surface area contributed by atoms with Crippen molar-refractivity contribution in [2.24, 2.45) is 5.92 Å². The number of methoxy groups -OCH3 is 1. The molecule has 0 bridgehead atoms. The first kappa shape index (κ1) is 16.0. The van der Waals surface area contributed by atoms with E-state index < -0.39 is 11.5 Å². The molecule has 1 atom stereocenters. The Morgan fingerprint density at radius 2 is 1.92 bits per heavy atom. The van der Waals surface area contributed by atoms with Crippen molar-refractivity contribution in [3.8, 4) is 5.75 Å². The van der Waals surface area contributed by atoms with Crippen LogP contribution in [0.4, 0.5) is 5.69 Å². The lowest BCUT2D eigenvalue weighted by atomic mass is 9.86. The van der Waals surface area contributed by atoms with Crippen molar-refractivity contribution in [1.29, 1.82) is 0 Å². The number of amides is 1. The van der Waals surface area contributed by atoms with Gasteiger partial charge in [-0.1, -0.05) is 6.92 Å². The lowest BCUT2D eigenvalue weighted by Gasteiger charge is -2.20. The van der Waals surface area contributed by atoms with E-state index in [-0.39, 0.29) is 17.3 Å². The quantitative estimate of drug-likeness (QED) is 0.906. The third-order valence-electron chi connectivity index (χ3n) is 4.10. The molecule has 0 saturated carbocycles. The van der Waals surface area contributed by atoms with Crippen molar-refractivity contribution < 1.29 is 14.3 Å². The molecule has 0 aliphatic heterocycles. The van der Waals surface area contributed by atoms with Crippen LogP contribution in [0.15, 0.2) is 35.1 Å². The Bertz CT molecular complexity index is 852. The molecule has 3 rings (SSSR count). The van der Waals surface area contributed by atoms with E-state index in [9.17, 15) is 14.4 Å². The minimum Gasteiger partial charge on any atom is -0.497 e. The van der Waals surface area contributed by atoms with Gasteiger partial charge in [-0.2, -0.15) is 0 Å². The van der Waals surface area contributed by atoms with Crippen molar-refractivity contribution in [2.75, 3.05) is 12.4 Å². The fraction of sp³-hybridized carbons (Fsp3) is 0.278. The molecular formula is C18H18N2O4. The first-order valence-corrected chi connectivity index (χ1v) is 7.72. The van der Waals surface area contributed by atoms with E-state index in [1.54, 1.807) is 31.4 Å². The maximum absolute atomic E-state index is 12.4. The maximum atomic E-state index is 12.4. The standard InChI is InChI=1S/C18H18N2O4/c1-10-7-15-13(16(21)8-10)9-14(18(23)20-15)17(22)19-11-3-5-12(24-2)6-4-11/h3-6,9-10H,7-8H2,1-2H3,(H,19,22)(H,20,23)/t10-/m1/s1. The van der Waals surface area contributed by atoms with Crippen molar-refractivity contribution in [3.63, 3.8) is 0 Å². The summed E-state index contributed by atoms with van der Waals surface area (Å²) in [5.41, 5.74) is 1.05. The number of pyridine rings is 1. The third-order valence-corrected chi connectivity index (χ3v) is 4.10. The normalized spacial score (nSPS) is 16.4. The topological polar surface area (TPSA) is 88.3 Å². The van der Waals surface area contributed by atoms with Gasteiger partial charge >= 0.3 is 0 Å². The van der Waals surface area contributed by atoms with Crippen molar-refractivity contribution >= 4 is 17.4 Å². The molecule has 6 nitrogen and oxygen atoms in total. The summed E-state index contributed by atoms with van der Waals surface area (Å²) in [6.07, 6.45) is 1.06. The number of benzene rings is 1. The monoisotopic (exact) mass is 326 g/mol. The van der Waals surface area contributed by atoms with Gasteiger partial charge in [0, 0.05) is 23.4 Å². The van der Waals surface area contributed by atoms with E-state index in [1.807, 2.05) is 6.92 Å². The Hall–Kier alpha value is -2.89. The molecular weight excluding hydrogens is 308 g/mol. The van der Waals surface area contributed by atoms with Crippen LogP contribution in [0.25, 0.3) is 0 Å². The number of anilines is 1. The number of carbonyl (C=O) groups excluding carboxylic acids is 2. The highest BCUT2D eigenvalue weighted by Crippen LogP contribution is 2.23. The van der Waals surface area contributed by atoms with E-state index in [0.29, 0.717) is 35.5 Å². The lowest BCUT2D eigenvalue weighted by Crippen LogP contribution is -2.29. The van der Waals surface area contributed by atoms with Crippen LogP contribution in [0.5, 0.6) is 5.75 Å². The number of ether oxygens (including phenoxy) is 1. The number of rotatable bonds is 3. The zero-order chi connectivity index (χ0) is 17.3. The summed E-state index contributed by atoms with van der Waals surface area (Å²) in [6, 6.07) is 8.17. The van der Waals surface area contributed by atoms with Gasteiger partial charge in [0.15, 0.2) is 5.78 Å². The van der Waals surface area contributed by atoms with Crippen LogP contribution in [0.1, 0.15) is 39.8 Å². The molecule has 1 aromatic carbocycles. The summed E-state index contributed by atoms with van der Waals surface area (Å²) < 4.78 is 5.06. The van der Waals surface area contributed by atoms with Crippen LogP contribution in [-0.2, 0) is 6.42 Å². The van der Waals surface area contributed by atoms with Crippen LogP contribution in [0, 0.1) is 5.92 Å². The highest BCUT2D eigenvalue weighted by atomic mass is 16.5. The molecule has 0 unspecified atom stereocenters. The summed E-state index contributed by atoms with van der Waals surface area (Å²) in [5.74, 6) is 0.271. The third kappa shape index (κ3) is 3.08. The minimum atomic E-state index is -0.546. The summed E-state index contributed by atoms with van der Waals surface area (Å²) in [7, 11) is 1.55. The van der Waals surface area contributed by atoms with E-state index in [2.05, 4.69) is 10.3 Å². The molecule has 1 heterocycles. The number of hydrogen-bond donors (Lipinski definition) is 2. The van der Waals surface area contributed by atoms with Gasteiger partial charge in [-0.15, -0.1) is 0 Å². The first-order valence-electron chi connectivity index (χ1n) is 7.72. The molecule has 0 radical (unpaired) electrons. The molecule has 0 saturated heterocycles. The number of aromatic nitrogens is 1. The maximum Gasteiger partial charge on any atom is 0.261 e. The van der Waals surface area contributed by atoms with E-state index in [1.165, 1.54) is 6.07 Å². The molecule has 1 amide bonds. The first-order chi connectivity index (χ1) is 11.5. The number of ketones is 1. The van der Waals surface area contributed by atoms with Gasteiger partial charge < -0.3 is 15.0 Å². The van der Waals surface area contributed by atoms with Crippen molar-refractivity contribution in [1.82, 2.24) is 4.98 Å². The van der Waals surface area contributed by atoms with Gasteiger partial charge in [-0.25, -0.2) is 0 Å². The fourth-order valence-electron chi connectivity index (χ4n) is 2.87. The van der Waals surface area contributed by atoms with Crippen LogP contribution >= 0.6 is 0 Å². The van der Waals surface area contributed by atoms with E-state index in [0.717, 1.165) is 0 Å². The lowest BCUT2D eigenvalue weighted by molar-refractivity contribution is 0.0952. The summed E-state index contributed by atoms with van der Waals surface area (Å²) >= 11 is 0. The van der Waals surface area contributed by atoms with Gasteiger partial charge in [-0.05, 0) is 42.7 Å². The molecule has 1 aliphatic carbocycles. The Morgan fingerprint density at radius 1 is 1.21 bits per heavy atom. The molecule has 1 aromatic heterocycles. The number of nitrogens with one attached hydrogen (secondary N) is 2. The average molecular weight is 326 g/mol. The Morgan fingerprint density at radius 3 is 2.58 bits per heavy atom. The van der Waals surface area contributed by atoms with Gasteiger partial charge in [0.25, 0.3) is 11.5 Å². The average Bonchev–Trinajstić information content (AvgIpc) is 2.54. The Labute approximate surface area is 138 Å². The largest absolute Gasteiger partial charge is 0.497 e. The van der Waals surface area contributed by atoms with Gasteiger partial charge in [0.1, 0.15) is 11.3 Å². The molecule has 2 N–H and O–H groups in total. The SMILES string of the molecule is COc1ccc(NC(=O)c2cc3c([nH]c2=O)C[C@@H](C)CC3=O)cc1. The number of hydrogen-bond acceptors (Lipinski definition) is 4. The summed E-state index contributed by atoms with van der Waals surface area (Å²) in [4.78, 5) is 39.4. The smallest absolute Gasteiger partial charge is 0.261 e. The fourth-order valence-corrected chi connectivity index (χ4v) is 2.87. The van der Waals surface area contributed by atoms with Gasteiger partial charge in [0.05, 0.1) is 7.11 Å². The van der Waals surface area contributed by atoms with Crippen LogP contribution in [0.2, 0.25) is 0 Å². The highest BCUT2D eigenvalue weighted by Gasteiger charge is 2.25. The zero-order valence-corrected chi connectivity index (χ0v) is 13.5. The second kappa shape index (κ2) is 6.31. The van der Waals surface area contributed by atoms with Crippen LogP contribution in [-0.4, -0.2) is 23.8 Å². The van der Waals surface area contributed by atoms with E-state index >= 15 is 0 Å². The number of H-pyrrole nitrogens is 1. The second-order valence-corrected chi connectivity index (χ2v) is 6.02. The zero-order valence-electron chi connectivity index (χ0n) is 13.5. The second-order valence-electron chi connectivity index (χ2n) is 6.02. The minimum absolute atomic E-state index is 0.0431.